The van der Waals surface area contributed by atoms with Crippen LogP contribution in [0.25, 0.3) is 0 Å². The van der Waals surface area contributed by atoms with Crippen molar-refractivity contribution in [1.82, 2.24) is 0 Å². The lowest BCUT2D eigenvalue weighted by atomic mass is 10.2. The molecule has 0 radical (unpaired) electrons. The zero-order chi connectivity index (χ0) is 10.2. The molecule has 0 bridgehead atoms. The molecular formula is C13H15Cl3. The first-order valence-electron chi connectivity index (χ1n) is 4.51. The molecule has 2 rings (SSSR count). The average Bonchev–Trinajstić information content (AvgIpc) is 2.21. The van der Waals surface area contributed by atoms with E-state index in [0.29, 0.717) is 0 Å². The van der Waals surface area contributed by atoms with Crippen LogP contribution in [0.4, 0.5) is 0 Å². The van der Waals surface area contributed by atoms with E-state index < -0.39 is 0 Å². The highest BCUT2D eigenvalue weighted by Gasteiger charge is 1.75. The van der Waals surface area contributed by atoms with E-state index in [1.807, 2.05) is 48.5 Å². The Bertz CT molecular complexity index is 309. The predicted octanol–water partition coefficient (Wildman–Crippen LogP) is 5.18. The van der Waals surface area contributed by atoms with E-state index >= 15 is 0 Å². The summed E-state index contributed by atoms with van der Waals surface area (Å²) in [6.45, 7) is 2.08. The van der Waals surface area contributed by atoms with Gasteiger partial charge in [0.1, 0.15) is 0 Å². The maximum atomic E-state index is 5.54. The third-order valence-electron chi connectivity index (χ3n) is 1.67. The molecule has 0 aliphatic carbocycles. The second-order valence-electron chi connectivity index (χ2n) is 2.95. The summed E-state index contributed by atoms with van der Waals surface area (Å²) in [4.78, 5) is 0. The van der Waals surface area contributed by atoms with Gasteiger partial charge >= 0.3 is 0 Å². The minimum Gasteiger partial charge on any atom is -0.147 e. The maximum Gasteiger partial charge on any atom is 0.0405 e. The Kier molecular flexibility index (Phi) is 12.0. The van der Waals surface area contributed by atoms with Gasteiger partial charge < -0.3 is 0 Å². The van der Waals surface area contributed by atoms with E-state index in [0.717, 1.165) is 5.02 Å². The van der Waals surface area contributed by atoms with Crippen molar-refractivity contribution in [2.24, 2.45) is 0 Å². The van der Waals surface area contributed by atoms with Crippen LogP contribution in [0.15, 0.2) is 60.7 Å². The van der Waals surface area contributed by atoms with Crippen LogP contribution in [-0.4, -0.2) is 0 Å². The second-order valence-corrected chi connectivity index (χ2v) is 3.39. The van der Waals surface area contributed by atoms with Crippen LogP contribution in [0.5, 0.6) is 0 Å². The van der Waals surface area contributed by atoms with Gasteiger partial charge in [0.25, 0.3) is 0 Å². The minimum absolute atomic E-state index is 0. The molecule has 0 atom stereocenters. The van der Waals surface area contributed by atoms with E-state index in [-0.39, 0.29) is 24.8 Å². The number of benzene rings is 2. The number of hydrogen-bond acceptors (Lipinski definition) is 0. The number of aryl methyl sites for hydroxylation is 1. The molecule has 0 nitrogen and oxygen atoms in total. The van der Waals surface area contributed by atoms with Crippen molar-refractivity contribution in [2.45, 2.75) is 6.92 Å². The molecule has 0 unspecified atom stereocenters. The number of halogens is 3. The highest BCUT2D eigenvalue weighted by atomic mass is 35.5. The van der Waals surface area contributed by atoms with Crippen molar-refractivity contribution in [1.29, 1.82) is 0 Å². The molecule has 0 aromatic heterocycles. The number of hydrogen-bond donors (Lipinski definition) is 0. The van der Waals surface area contributed by atoms with Gasteiger partial charge in [0, 0.05) is 5.02 Å². The van der Waals surface area contributed by atoms with Crippen LogP contribution >= 0.6 is 36.4 Å². The molecule has 16 heavy (non-hydrogen) atoms. The van der Waals surface area contributed by atoms with Gasteiger partial charge in [-0.2, -0.15) is 0 Å². The van der Waals surface area contributed by atoms with Crippen molar-refractivity contribution >= 4 is 36.4 Å². The van der Waals surface area contributed by atoms with Crippen molar-refractivity contribution in [3.63, 3.8) is 0 Å². The molecule has 0 spiro atoms. The van der Waals surface area contributed by atoms with Crippen molar-refractivity contribution < 1.29 is 0 Å². The molecule has 0 fully saturated rings. The lowest BCUT2D eigenvalue weighted by molar-refractivity contribution is 1.48. The van der Waals surface area contributed by atoms with E-state index in [1.54, 1.807) is 0 Å². The monoisotopic (exact) mass is 276 g/mol. The molecule has 0 amide bonds. The second kappa shape index (κ2) is 10.8. The van der Waals surface area contributed by atoms with Crippen LogP contribution < -0.4 is 0 Å². The summed E-state index contributed by atoms with van der Waals surface area (Å²) in [7, 11) is 0. The third kappa shape index (κ3) is 8.60. The predicted molar refractivity (Wildman–Crippen MR) is 77.1 cm³/mol. The van der Waals surface area contributed by atoms with Gasteiger partial charge in [-0.1, -0.05) is 65.7 Å². The molecule has 3 heteroatoms. The van der Waals surface area contributed by atoms with Crippen molar-refractivity contribution in [2.75, 3.05) is 0 Å². The molecule has 2 aromatic rings. The highest BCUT2D eigenvalue weighted by molar-refractivity contribution is 6.30. The van der Waals surface area contributed by atoms with E-state index in [1.165, 1.54) is 5.56 Å². The largest absolute Gasteiger partial charge is 0.147 e. The molecule has 0 aliphatic rings. The van der Waals surface area contributed by atoms with E-state index in [2.05, 4.69) is 19.1 Å². The molecule has 0 saturated carbocycles. The van der Waals surface area contributed by atoms with Gasteiger partial charge in [-0.05, 0) is 19.1 Å². The number of rotatable bonds is 0. The van der Waals surface area contributed by atoms with Gasteiger partial charge in [-0.15, -0.1) is 24.8 Å². The fourth-order valence-corrected chi connectivity index (χ4v) is 1.09. The lowest BCUT2D eigenvalue weighted by Crippen LogP contribution is -1.62. The third-order valence-corrected chi connectivity index (χ3v) is 1.93. The average molecular weight is 278 g/mol. The summed E-state index contributed by atoms with van der Waals surface area (Å²) < 4.78 is 0. The Hall–Kier alpha value is -0.690. The van der Waals surface area contributed by atoms with Crippen LogP contribution in [0.1, 0.15) is 5.56 Å². The normalized spacial score (nSPS) is 7.62. The minimum atomic E-state index is 0. The first kappa shape index (κ1) is 17.7. The smallest absolute Gasteiger partial charge is 0.0405 e. The van der Waals surface area contributed by atoms with Crippen molar-refractivity contribution in [3.05, 3.63) is 71.2 Å². The van der Waals surface area contributed by atoms with Gasteiger partial charge in [-0.25, -0.2) is 0 Å². The Morgan fingerprint density at radius 1 is 0.688 bits per heavy atom. The van der Waals surface area contributed by atoms with Crippen LogP contribution in [0, 0.1) is 6.92 Å². The zero-order valence-corrected chi connectivity index (χ0v) is 11.4. The van der Waals surface area contributed by atoms with Crippen molar-refractivity contribution in [3.8, 4) is 0 Å². The summed E-state index contributed by atoms with van der Waals surface area (Å²) in [5.41, 5.74) is 1.32. The fraction of sp³-hybridized carbons (Fsp3) is 0.0769. The van der Waals surface area contributed by atoms with Crippen LogP contribution in [-0.2, 0) is 0 Å². The Morgan fingerprint density at radius 2 is 1.06 bits per heavy atom. The SMILES string of the molecule is Cc1ccccc1.Cl.Cl.Clc1ccccc1. The van der Waals surface area contributed by atoms with Crippen LogP contribution in [0.2, 0.25) is 5.02 Å². The van der Waals surface area contributed by atoms with Gasteiger partial charge in [0.05, 0.1) is 0 Å². The van der Waals surface area contributed by atoms with E-state index in [4.69, 9.17) is 11.6 Å². The molecule has 0 N–H and O–H groups in total. The van der Waals surface area contributed by atoms with E-state index in [9.17, 15) is 0 Å². The van der Waals surface area contributed by atoms with Crippen LogP contribution in [0.3, 0.4) is 0 Å². The molecule has 2 aromatic carbocycles. The summed E-state index contributed by atoms with van der Waals surface area (Å²) in [5, 5.41) is 0.794. The van der Waals surface area contributed by atoms with Gasteiger partial charge in [0.15, 0.2) is 0 Å². The van der Waals surface area contributed by atoms with Gasteiger partial charge in [0.2, 0.25) is 0 Å². The molecule has 0 saturated heterocycles. The topological polar surface area (TPSA) is 0 Å². The Labute approximate surface area is 114 Å². The summed E-state index contributed by atoms with van der Waals surface area (Å²) >= 11 is 5.54. The molecular weight excluding hydrogens is 263 g/mol. The Balaban J connectivity index is 0. The Morgan fingerprint density at radius 3 is 1.25 bits per heavy atom. The standard InChI is InChI=1S/C7H8.C6H5Cl.2ClH/c1-7-5-3-2-4-6-7;7-6-4-2-1-3-5-6;;/h2-6H,1H3;1-5H;2*1H. The quantitative estimate of drug-likeness (QED) is 0.622. The fourth-order valence-electron chi connectivity index (χ4n) is 0.949. The maximum absolute atomic E-state index is 5.54. The zero-order valence-electron chi connectivity index (χ0n) is 8.97. The molecule has 0 aliphatic heterocycles. The highest BCUT2D eigenvalue weighted by Crippen LogP contribution is 2.03. The lowest BCUT2D eigenvalue weighted by Gasteiger charge is -1.82. The van der Waals surface area contributed by atoms with Gasteiger partial charge in [-0.3, -0.25) is 0 Å². The first-order chi connectivity index (χ1) is 6.79. The molecule has 88 valence electrons. The molecule has 0 heterocycles. The summed E-state index contributed by atoms with van der Waals surface area (Å²) in [5.74, 6) is 0. The summed E-state index contributed by atoms with van der Waals surface area (Å²) in [6, 6.07) is 19.7. The summed E-state index contributed by atoms with van der Waals surface area (Å²) in [6.07, 6.45) is 0. The first-order valence-corrected chi connectivity index (χ1v) is 4.89.